The van der Waals surface area contributed by atoms with Gasteiger partial charge in [-0.05, 0) is 30.7 Å². The van der Waals surface area contributed by atoms with Crippen LogP contribution in [0.4, 0.5) is 8.78 Å². The monoisotopic (exact) mass is 367 g/mol. The van der Waals surface area contributed by atoms with Crippen LogP contribution in [0.25, 0.3) is 0 Å². The van der Waals surface area contributed by atoms with Gasteiger partial charge in [0, 0.05) is 29.7 Å². The highest BCUT2D eigenvalue weighted by Crippen LogP contribution is 2.36. The lowest BCUT2D eigenvalue weighted by molar-refractivity contribution is 0.0766. The smallest absolute Gasteiger partial charge is 0.255 e. The average Bonchev–Trinajstić information content (AvgIpc) is 2.81. The number of carbonyl (C=O) groups is 1. The van der Waals surface area contributed by atoms with Crippen molar-refractivity contribution in [3.05, 3.63) is 70.2 Å². The Morgan fingerprint density at radius 3 is 2.71 bits per heavy atom. The van der Waals surface area contributed by atoms with E-state index in [0.717, 1.165) is 6.07 Å². The minimum atomic E-state index is -0.470. The summed E-state index contributed by atoms with van der Waals surface area (Å²) in [7, 11) is 0. The maximum absolute atomic E-state index is 14.0. The summed E-state index contributed by atoms with van der Waals surface area (Å²) < 4.78 is 27.1. The molecule has 1 aliphatic rings. The molecular weight excluding hydrogens is 352 g/mol. The standard InChI is InChI=1S/C18H16ClF2NOS/c19-15-11-12(20)5-6-13(15)18(23)22-8-7-17(24-10-9-22)14-3-1-2-4-16(14)21/h1-6,11,17H,7-10H2. The van der Waals surface area contributed by atoms with Gasteiger partial charge >= 0.3 is 0 Å². The Balaban J connectivity index is 1.73. The molecule has 0 radical (unpaired) electrons. The van der Waals surface area contributed by atoms with E-state index in [9.17, 15) is 13.6 Å². The molecule has 1 amide bonds. The molecule has 1 atom stereocenters. The highest BCUT2D eigenvalue weighted by atomic mass is 35.5. The van der Waals surface area contributed by atoms with Crippen LogP contribution in [0.15, 0.2) is 42.5 Å². The van der Waals surface area contributed by atoms with Gasteiger partial charge in [-0.25, -0.2) is 8.78 Å². The number of rotatable bonds is 2. The van der Waals surface area contributed by atoms with Gasteiger partial charge in [0.25, 0.3) is 5.91 Å². The van der Waals surface area contributed by atoms with Crippen LogP contribution in [0, 0.1) is 11.6 Å². The molecule has 0 spiro atoms. The number of nitrogens with zero attached hydrogens (tertiary/aromatic N) is 1. The van der Waals surface area contributed by atoms with Gasteiger partial charge in [-0.3, -0.25) is 4.79 Å². The van der Waals surface area contributed by atoms with Crippen LogP contribution in [0.5, 0.6) is 0 Å². The fourth-order valence-electron chi connectivity index (χ4n) is 2.79. The molecule has 0 saturated carbocycles. The lowest BCUT2D eigenvalue weighted by atomic mass is 10.1. The summed E-state index contributed by atoms with van der Waals surface area (Å²) in [6.07, 6.45) is 0.663. The van der Waals surface area contributed by atoms with Gasteiger partial charge in [-0.15, -0.1) is 0 Å². The van der Waals surface area contributed by atoms with Gasteiger partial charge in [-0.2, -0.15) is 11.8 Å². The van der Waals surface area contributed by atoms with Crippen LogP contribution in [0.3, 0.4) is 0 Å². The second-order valence-electron chi connectivity index (χ2n) is 5.59. The summed E-state index contributed by atoms with van der Waals surface area (Å²) in [6.45, 7) is 1.07. The Kier molecular flexibility index (Phi) is 5.41. The van der Waals surface area contributed by atoms with Crippen molar-refractivity contribution in [3.8, 4) is 0 Å². The van der Waals surface area contributed by atoms with E-state index >= 15 is 0 Å². The summed E-state index contributed by atoms with van der Waals surface area (Å²) in [5, 5.41) is 0.134. The van der Waals surface area contributed by atoms with Crippen molar-refractivity contribution < 1.29 is 13.6 Å². The van der Waals surface area contributed by atoms with Crippen molar-refractivity contribution in [1.82, 2.24) is 4.90 Å². The third-order valence-electron chi connectivity index (χ3n) is 4.04. The highest BCUT2D eigenvalue weighted by Gasteiger charge is 2.25. The molecule has 1 unspecified atom stereocenters. The number of carbonyl (C=O) groups excluding carboxylic acids is 1. The third-order valence-corrected chi connectivity index (χ3v) is 5.67. The molecule has 1 heterocycles. The van der Waals surface area contributed by atoms with Gasteiger partial charge in [0.05, 0.1) is 10.6 Å². The maximum Gasteiger partial charge on any atom is 0.255 e. The minimum absolute atomic E-state index is 0.0210. The fraction of sp³-hybridized carbons (Fsp3) is 0.278. The van der Waals surface area contributed by atoms with Crippen molar-refractivity contribution in [2.75, 3.05) is 18.8 Å². The zero-order valence-corrected chi connectivity index (χ0v) is 14.4. The molecule has 0 N–H and O–H groups in total. The average molecular weight is 368 g/mol. The van der Waals surface area contributed by atoms with Crippen LogP contribution in [0.2, 0.25) is 5.02 Å². The first-order valence-electron chi connectivity index (χ1n) is 7.66. The van der Waals surface area contributed by atoms with Crippen LogP contribution in [-0.4, -0.2) is 29.6 Å². The zero-order chi connectivity index (χ0) is 17.1. The number of halogens is 3. The zero-order valence-electron chi connectivity index (χ0n) is 12.8. The number of hydrogen-bond donors (Lipinski definition) is 0. The van der Waals surface area contributed by atoms with Gasteiger partial charge < -0.3 is 4.90 Å². The summed E-state index contributed by atoms with van der Waals surface area (Å²) in [4.78, 5) is 14.3. The van der Waals surface area contributed by atoms with Crippen LogP contribution in [-0.2, 0) is 0 Å². The lowest BCUT2D eigenvalue weighted by Gasteiger charge is -2.21. The van der Waals surface area contributed by atoms with Gasteiger partial charge in [0.1, 0.15) is 11.6 Å². The highest BCUT2D eigenvalue weighted by molar-refractivity contribution is 7.99. The Hall–Kier alpha value is -1.59. The third kappa shape index (κ3) is 3.73. The quantitative estimate of drug-likeness (QED) is 0.749. The number of thioether (sulfide) groups is 1. The van der Waals surface area contributed by atoms with Crippen molar-refractivity contribution in [3.63, 3.8) is 0 Å². The van der Waals surface area contributed by atoms with E-state index in [-0.39, 0.29) is 22.0 Å². The predicted molar refractivity (Wildman–Crippen MR) is 93.5 cm³/mol. The fourth-order valence-corrected chi connectivity index (χ4v) is 4.29. The van der Waals surface area contributed by atoms with E-state index in [1.165, 1.54) is 18.2 Å². The molecule has 3 rings (SSSR count). The molecule has 0 aliphatic carbocycles. The second kappa shape index (κ2) is 7.53. The summed E-state index contributed by atoms with van der Waals surface area (Å²) in [5.74, 6) is -0.183. The van der Waals surface area contributed by atoms with Crippen LogP contribution in [0.1, 0.15) is 27.6 Å². The molecule has 1 saturated heterocycles. The van der Waals surface area contributed by atoms with Gasteiger partial charge in [0.15, 0.2) is 0 Å². The lowest BCUT2D eigenvalue weighted by Crippen LogP contribution is -2.33. The Morgan fingerprint density at radius 2 is 1.96 bits per heavy atom. The molecule has 2 aromatic carbocycles. The largest absolute Gasteiger partial charge is 0.338 e. The van der Waals surface area contributed by atoms with Crippen molar-refractivity contribution >= 4 is 29.3 Å². The second-order valence-corrected chi connectivity index (χ2v) is 7.30. The van der Waals surface area contributed by atoms with E-state index < -0.39 is 5.82 Å². The Labute approximate surface area is 148 Å². The first-order valence-corrected chi connectivity index (χ1v) is 9.09. The van der Waals surface area contributed by atoms with Crippen molar-refractivity contribution in [2.45, 2.75) is 11.7 Å². The van der Waals surface area contributed by atoms with Gasteiger partial charge in [0.2, 0.25) is 0 Å². The van der Waals surface area contributed by atoms with E-state index in [1.807, 2.05) is 6.07 Å². The van der Waals surface area contributed by atoms with Crippen molar-refractivity contribution in [1.29, 1.82) is 0 Å². The molecule has 0 aromatic heterocycles. The number of hydrogen-bond acceptors (Lipinski definition) is 2. The number of amides is 1. The molecule has 24 heavy (non-hydrogen) atoms. The van der Waals surface area contributed by atoms with Crippen LogP contribution >= 0.6 is 23.4 Å². The molecule has 126 valence electrons. The molecule has 1 fully saturated rings. The molecule has 2 aromatic rings. The molecule has 1 aliphatic heterocycles. The molecule has 0 bridgehead atoms. The van der Waals surface area contributed by atoms with Crippen molar-refractivity contribution in [2.24, 2.45) is 0 Å². The summed E-state index contributed by atoms with van der Waals surface area (Å²) in [5.41, 5.74) is 0.976. The van der Waals surface area contributed by atoms with Gasteiger partial charge in [-0.1, -0.05) is 29.8 Å². The Morgan fingerprint density at radius 1 is 1.17 bits per heavy atom. The van der Waals surface area contributed by atoms with E-state index in [1.54, 1.807) is 28.8 Å². The first-order chi connectivity index (χ1) is 11.6. The van der Waals surface area contributed by atoms with E-state index in [4.69, 9.17) is 11.6 Å². The predicted octanol–water partition coefficient (Wildman–Crippen LogP) is 4.94. The minimum Gasteiger partial charge on any atom is -0.338 e. The molecule has 2 nitrogen and oxygen atoms in total. The van der Waals surface area contributed by atoms with E-state index in [0.29, 0.717) is 36.4 Å². The number of benzene rings is 2. The topological polar surface area (TPSA) is 20.3 Å². The Bertz CT molecular complexity index is 756. The summed E-state index contributed by atoms with van der Waals surface area (Å²) in [6, 6.07) is 10.5. The summed E-state index contributed by atoms with van der Waals surface area (Å²) >= 11 is 7.63. The SMILES string of the molecule is O=C(c1ccc(F)cc1Cl)N1CCSC(c2ccccc2F)CC1. The molecular formula is C18H16ClF2NOS. The van der Waals surface area contributed by atoms with E-state index in [2.05, 4.69) is 0 Å². The van der Waals surface area contributed by atoms with Crippen LogP contribution < -0.4 is 0 Å². The normalized spacial score (nSPS) is 18.3. The maximum atomic E-state index is 14.0. The molecule has 6 heteroatoms. The first kappa shape index (κ1) is 17.2.